The fraction of sp³-hybridized carbons (Fsp3) is 0.538. The van der Waals surface area contributed by atoms with E-state index in [2.05, 4.69) is 49.8 Å². The lowest BCUT2D eigenvalue weighted by atomic mass is 9.75. The number of nitrogens with zero attached hydrogens (tertiary/aromatic N) is 4. The number of aliphatic imine (C=N–C) groups is 1. The van der Waals surface area contributed by atoms with Gasteiger partial charge in [0, 0.05) is 23.7 Å². The maximum Gasteiger partial charge on any atom is 0.265 e. The van der Waals surface area contributed by atoms with Crippen molar-refractivity contribution in [2.24, 2.45) is 4.99 Å². The van der Waals surface area contributed by atoms with E-state index in [-0.39, 0.29) is 17.4 Å². The summed E-state index contributed by atoms with van der Waals surface area (Å²) < 4.78 is 0. The van der Waals surface area contributed by atoms with Gasteiger partial charge in [0.15, 0.2) is 5.82 Å². The van der Waals surface area contributed by atoms with Gasteiger partial charge in [0.2, 0.25) is 0 Å². The van der Waals surface area contributed by atoms with Crippen molar-refractivity contribution in [3.05, 3.63) is 41.9 Å². The summed E-state index contributed by atoms with van der Waals surface area (Å²) in [7, 11) is 0. The van der Waals surface area contributed by atoms with Gasteiger partial charge in [-0.05, 0) is 64.3 Å². The number of fused-ring (bicyclic) bond motifs is 2. The smallest absolute Gasteiger partial charge is 0.265 e. The number of para-hydroxylation sites is 1. The second-order valence-electron chi connectivity index (χ2n) is 9.77. The van der Waals surface area contributed by atoms with Crippen molar-refractivity contribution in [2.45, 2.75) is 70.3 Å². The molecular formula is C26H34N6O. The van der Waals surface area contributed by atoms with Crippen LogP contribution < -0.4 is 15.5 Å². The number of aryl methyl sites for hydroxylation is 1. The number of nitrogens with one attached hydrogen (secondary N) is 2. The summed E-state index contributed by atoms with van der Waals surface area (Å²) in [4.78, 5) is 29.1. The van der Waals surface area contributed by atoms with Crippen molar-refractivity contribution in [3.8, 4) is 0 Å². The van der Waals surface area contributed by atoms with Crippen molar-refractivity contribution in [1.82, 2.24) is 20.6 Å². The quantitative estimate of drug-likeness (QED) is 0.691. The van der Waals surface area contributed by atoms with Crippen LogP contribution in [0, 0.1) is 6.92 Å². The molecule has 1 aromatic heterocycles. The standard InChI is InChI=1S/C26H34N6O/c1-18-23(30-19(2)25(33)31-20-8-4-3-5-9-20)24(29-17-28-18)32-16-26(12-14-27-15-13-26)21-10-6-7-11-22(21)32/h6-7,10-11,17,20,27H,3-5,8-9,12-16H2,1-2H3,(H,31,33)/b30-19+. The van der Waals surface area contributed by atoms with Gasteiger partial charge in [-0.2, -0.15) is 0 Å². The van der Waals surface area contributed by atoms with Crippen LogP contribution in [0.25, 0.3) is 0 Å². The minimum Gasteiger partial charge on any atom is -0.348 e. The minimum atomic E-state index is -0.0900. The molecule has 174 valence electrons. The number of rotatable bonds is 4. The molecular weight excluding hydrogens is 412 g/mol. The van der Waals surface area contributed by atoms with Crippen molar-refractivity contribution in [1.29, 1.82) is 0 Å². The maximum atomic E-state index is 12.9. The van der Waals surface area contributed by atoms with Gasteiger partial charge in [-0.15, -0.1) is 0 Å². The molecule has 1 saturated carbocycles. The van der Waals surface area contributed by atoms with E-state index in [0.29, 0.717) is 11.4 Å². The van der Waals surface area contributed by atoms with Crippen LogP contribution >= 0.6 is 0 Å². The van der Waals surface area contributed by atoms with Gasteiger partial charge in [0.05, 0.1) is 5.69 Å². The van der Waals surface area contributed by atoms with Gasteiger partial charge < -0.3 is 15.5 Å². The molecule has 3 aliphatic rings. The molecule has 0 bridgehead atoms. The lowest BCUT2D eigenvalue weighted by Crippen LogP contribution is -2.42. The normalized spacial score (nSPS) is 20.7. The van der Waals surface area contributed by atoms with Gasteiger partial charge >= 0.3 is 0 Å². The summed E-state index contributed by atoms with van der Waals surface area (Å²) >= 11 is 0. The first-order valence-electron chi connectivity index (χ1n) is 12.3. The Kier molecular flexibility index (Phi) is 6.15. The molecule has 0 unspecified atom stereocenters. The number of hydrogen-bond donors (Lipinski definition) is 2. The molecule has 5 rings (SSSR count). The van der Waals surface area contributed by atoms with Crippen LogP contribution in [0.4, 0.5) is 17.2 Å². The molecule has 2 fully saturated rings. The molecule has 7 heteroatoms. The number of anilines is 2. The zero-order valence-corrected chi connectivity index (χ0v) is 19.7. The number of piperidine rings is 1. The van der Waals surface area contributed by atoms with E-state index in [9.17, 15) is 4.79 Å². The number of amides is 1. The Morgan fingerprint density at radius 3 is 2.70 bits per heavy atom. The van der Waals surface area contributed by atoms with Crippen molar-refractivity contribution in [2.75, 3.05) is 24.5 Å². The van der Waals surface area contributed by atoms with Crippen molar-refractivity contribution < 1.29 is 4.79 Å². The van der Waals surface area contributed by atoms with Crippen molar-refractivity contribution in [3.63, 3.8) is 0 Å². The molecule has 1 saturated heterocycles. The largest absolute Gasteiger partial charge is 0.348 e. The summed E-state index contributed by atoms with van der Waals surface area (Å²) in [5.41, 5.74) is 4.64. The molecule has 33 heavy (non-hydrogen) atoms. The number of carbonyl (C=O) groups excluding carboxylic acids is 1. The van der Waals surface area contributed by atoms with Gasteiger partial charge in [-0.1, -0.05) is 37.5 Å². The van der Waals surface area contributed by atoms with E-state index in [1.54, 1.807) is 13.3 Å². The molecule has 3 heterocycles. The zero-order chi connectivity index (χ0) is 22.8. The summed E-state index contributed by atoms with van der Waals surface area (Å²) in [6, 6.07) is 8.93. The Labute approximate surface area is 196 Å². The second-order valence-corrected chi connectivity index (χ2v) is 9.77. The molecule has 1 aliphatic carbocycles. The Morgan fingerprint density at radius 2 is 1.91 bits per heavy atom. The zero-order valence-electron chi connectivity index (χ0n) is 19.7. The highest BCUT2D eigenvalue weighted by Gasteiger charge is 2.44. The fourth-order valence-electron chi connectivity index (χ4n) is 5.69. The molecule has 2 aromatic rings. The molecule has 0 radical (unpaired) electrons. The third-order valence-electron chi connectivity index (χ3n) is 7.58. The van der Waals surface area contributed by atoms with Crippen LogP contribution in [-0.4, -0.2) is 47.3 Å². The Bertz CT molecular complexity index is 1050. The van der Waals surface area contributed by atoms with E-state index in [4.69, 9.17) is 4.99 Å². The molecule has 2 aliphatic heterocycles. The van der Waals surface area contributed by atoms with Gasteiger partial charge in [-0.3, -0.25) is 4.79 Å². The molecule has 7 nitrogen and oxygen atoms in total. The monoisotopic (exact) mass is 446 g/mol. The third-order valence-corrected chi connectivity index (χ3v) is 7.58. The fourth-order valence-corrected chi connectivity index (χ4v) is 5.69. The predicted octanol–water partition coefficient (Wildman–Crippen LogP) is 4.10. The van der Waals surface area contributed by atoms with Crippen LogP contribution in [0.15, 0.2) is 35.6 Å². The van der Waals surface area contributed by atoms with Gasteiger partial charge in [0.25, 0.3) is 5.91 Å². The van der Waals surface area contributed by atoms with E-state index < -0.39 is 0 Å². The summed E-state index contributed by atoms with van der Waals surface area (Å²) in [5.74, 6) is 0.697. The highest BCUT2D eigenvalue weighted by molar-refractivity contribution is 6.38. The van der Waals surface area contributed by atoms with Crippen LogP contribution in [0.5, 0.6) is 0 Å². The topological polar surface area (TPSA) is 82.5 Å². The van der Waals surface area contributed by atoms with E-state index in [1.807, 2.05) is 6.92 Å². The van der Waals surface area contributed by atoms with Gasteiger partial charge in [-0.25, -0.2) is 15.0 Å². The Hall–Kier alpha value is -2.80. The number of benzene rings is 1. The first-order chi connectivity index (χ1) is 16.1. The number of aromatic nitrogens is 2. The van der Waals surface area contributed by atoms with Crippen LogP contribution in [0.3, 0.4) is 0 Å². The van der Waals surface area contributed by atoms with E-state index in [0.717, 1.165) is 56.8 Å². The Morgan fingerprint density at radius 1 is 1.15 bits per heavy atom. The average Bonchev–Trinajstić information content (AvgIpc) is 3.15. The molecule has 0 atom stereocenters. The number of carbonyl (C=O) groups is 1. The second kappa shape index (κ2) is 9.21. The summed E-state index contributed by atoms with van der Waals surface area (Å²) in [6.45, 7) is 6.66. The number of hydrogen-bond acceptors (Lipinski definition) is 6. The molecule has 2 N–H and O–H groups in total. The lowest BCUT2D eigenvalue weighted by Gasteiger charge is -2.35. The average molecular weight is 447 g/mol. The molecule has 1 aromatic carbocycles. The minimum absolute atomic E-state index is 0.0900. The van der Waals surface area contributed by atoms with Crippen LogP contribution in [0.2, 0.25) is 0 Å². The maximum absolute atomic E-state index is 12.9. The summed E-state index contributed by atoms with van der Waals surface area (Å²) in [6.07, 6.45) is 9.55. The first kappa shape index (κ1) is 22.0. The van der Waals surface area contributed by atoms with E-state index in [1.165, 1.54) is 30.5 Å². The lowest BCUT2D eigenvalue weighted by molar-refractivity contribution is -0.115. The van der Waals surface area contributed by atoms with Gasteiger partial charge in [0.1, 0.15) is 17.7 Å². The van der Waals surface area contributed by atoms with E-state index >= 15 is 0 Å². The highest BCUT2D eigenvalue weighted by Crippen LogP contribution is 2.50. The molecule has 1 amide bonds. The van der Waals surface area contributed by atoms with Crippen molar-refractivity contribution >= 4 is 28.8 Å². The predicted molar refractivity (Wildman–Crippen MR) is 132 cm³/mol. The molecule has 1 spiro atoms. The van der Waals surface area contributed by atoms with Crippen LogP contribution in [0.1, 0.15) is 63.1 Å². The Balaban J connectivity index is 1.47. The third kappa shape index (κ3) is 4.26. The first-order valence-corrected chi connectivity index (χ1v) is 12.3. The highest BCUT2D eigenvalue weighted by atomic mass is 16.1. The summed E-state index contributed by atoms with van der Waals surface area (Å²) in [5, 5.41) is 6.68. The van der Waals surface area contributed by atoms with Crippen LogP contribution in [-0.2, 0) is 10.2 Å². The SMILES string of the molecule is C/C(=N\c1c(C)ncnc1N1CC2(CCNCC2)c2ccccc21)C(=O)NC1CCCCC1.